The number of nitrogens with one attached hydrogen (secondary N) is 1. The topological polar surface area (TPSA) is 168 Å². The van der Waals surface area contributed by atoms with Crippen molar-refractivity contribution in [1.82, 2.24) is 10.2 Å². The van der Waals surface area contributed by atoms with E-state index < -0.39 is 64.8 Å². The minimum atomic E-state index is -1.27. The van der Waals surface area contributed by atoms with Crippen LogP contribution >= 0.6 is 11.8 Å². The van der Waals surface area contributed by atoms with Gasteiger partial charge in [-0.3, -0.25) is 14.4 Å². The van der Waals surface area contributed by atoms with Crippen LogP contribution in [0.1, 0.15) is 44.7 Å². The quantitative estimate of drug-likeness (QED) is 0.136. The van der Waals surface area contributed by atoms with Gasteiger partial charge in [-0.25, -0.2) is 4.79 Å². The van der Waals surface area contributed by atoms with Gasteiger partial charge in [0.15, 0.2) is 0 Å². The number of nitrogens with zero attached hydrogens (tertiary/aromatic N) is 1. The Balaban J connectivity index is 0.00000432. The molecule has 4 atom stereocenters. The largest absolute Gasteiger partial charge is 1.00 e. The summed E-state index contributed by atoms with van der Waals surface area (Å²) in [5.41, 5.74) is 6.62. The molecule has 3 rings (SSSR count). The Morgan fingerprint density at radius 1 is 1.17 bits per heavy atom. The van der Waals surface area contributed by atoms with E-state index in [0.717, 1.165) is 0 Å². The fourth-order valence-electron chi connectivity index (χ4n) is 3.86. The van der Waals surface area contributed by atoms with E-state index in [9.17, 15) is 29.1 Å². The average molecular weight is 516 g/mol. The third-order valence-electron chi connectivity index (χ3n) is 5.59. The summed E-state index contributed by atoms with van der Waals surface area (Å²) in [7, 11) is 0. The van der Waals surface area contributed by atoms with Crippen LogP contribution in [0.2, 0.25) is 0 Å². The van der Waals surface area contributed by atoms with E-state index in [0.29, 0.717) is 5.56 Å². The van der Waals surface area contributed by atoms with Gasteiger partial charge in [0.25, 0.3) is 0 Å². The summed E-state index contributed by atoms with van der Waals surface area (Å²) in [6, 6.07) is 6.04. The van der Waals surface area contributed by atoms with Gasteiger partial charge in [0.1, 0.15) is 23.5 Å². The first-order valence-corrected chi connectivity index (χ1v) is 11.5. The number of fused-ring (bicyclic) bond motifs is 1. The van der Waals surface area contributed by atoms with E-state index in [1.165, 1.54) is 16.7 Å². The maximum Gasteiger partial charge on any atom is 1.00 e. The van der Waals surface area contributed by atoms with Crippen molar-refractivity contribution in [2.75, 3.05) is 6.79 Å². The van der Waals surface area contributed by atoms with Gasteiger partial charge in [-0.2, -0.15) is 0 Å². The number of rotatable bonds is 10. The first-order valence-electron chi connectivity index (χ1n) is 10.7. The number of benzene rings is 1. The number of thioether (sulfide) groups is 1. The van der Waals surface area contributed by atoms with E-state index >= 15 is 0 Å². The number of carbonyl (C=O) groups excluding carboxylic acids is 5. The number of amides is 2. The van der Waals surface area contributed by atoms with Crippen molar-refractivity contribution in [2.45, 2.75) is 61.4 Å². The molecule has 35 heavy (non-hydrogen) atoms. The Morgan fingerprint density at radius 2 is 1.83 bits per heavy atom. The maximum absolute atomic E-state index is 12.8. The number of β-lactam (4-membered cyclic amide) rings is 1. The van der Waals surface area contributed by atoms with Gasteiger partial charge >= 0.3 is 41.5 Å². The van der Waals surface area contributed by atoms with E-state index in [4.69, 9.17) is 15.2 Å². The Bertz CT molecular complexity index is 977. The predicted octanol–water partition coefficient (Wildman–Crippen LogP) is -3.80. The second-order valence-corrected chi connectivity index (χ2v) is 10.2. The van der Waals surface area contributed by atoms with Gasteiger partial charge in [0, 0.05) is 17.1 Å². The summed E-state index contributed by atoms with van der Waals surface area (Å²) in [6.07, 6.45) is -0.392. The Kier molecular flexibility index (Phi) is 10.2. The van der Waals surface area contributed by atoms with Gasteiger partial charge in [-0.05, 0) is 32.3 Å². The second-order valence-electron chi connectivity index (χ2n) is 8.46. The molecule has 2 aliphatic rings. The van der Waals surface area contributed by atoms with Crippen molar-refractivity contribution in [3.8, 4) is 0 Å². The standard InChI is InChI=1S/C22H27N3O8S.Na/c1-22(2)17(21(31)33-11-32-14(28)10-6-9-13(26)27)25-19(30)16(20(25)34-22)24-18(29)15(23)12-7-4-3-5-8-12;/h3-5,7-8,15-17,20H,6,9-11,23H2,1-2H3,(H,24,29)(H,26,27);/q;+1/p-1/t15?,16-,17+,20-;/m1./s1. The fourth-order valence-corrected chi connectivity index (χ4v) is 5.48. The molecule has 2 saturated heterocycles. The maximum atomic E-state index is 12.8. The van der Waals surface area contributed by atoms with E-state index in [1.807, 2.05) is 0 Å². The zero-order chi connectivity index (χ0) is 25.0. The van der Waals surface area contributed by atoms with Crippen LogP contribution < -0.4 is 45.7 Å². The van der Waals surface area contributed by atoms with E-state index in [2.05, 4.69) is 5.32 Å². The van der Waals surface area contributed by atoms with Crippen molar-refractivity contribution in [3.05, 3.63) is 35.9 Å². The summed E-state index contributed by atoms with van der Waals surface area (Å²) in [4.78, 5) is 61.4. The minimum absolute atomic E-state index is 0. The molecule has 2 heterocycles. The second kappa shape index (κ2) is 12.2. The third-order valence-corrected chi connectivity index (χ3v) is 7.16. The summed E-state index contributed by atoms with van der Waals surface area (Å²) < 4.78 is 9.12. The first kappa shape index (κ1) is 29.1. The summed E-state index contributed by atoms with van der Waals surface area (Å²) in [5, 5.41) is 12.6. The van der Waals surface area contributed by atoms with Gasteiger partial charge in [-0.1, -0.05) is 30.3 Å². The monoisotopic (exact) mass is 515 g/mol. The molecule has 1 aromatic carbocycles. The number of carboxylic acid groups (broad SMARTS) is 1. The number of esters is 2. The molecule has 0 bridgehead atoms. The smallest absolute Gasteiger partial charge is 0.550 e. The fraction of sp³-hybridized carbons (Fsp3) is 0.500. The molecular formula is C22H26N3NaO8S. The molecule has 2 aliphatic heterocycles. The summed E-state index contributed by atoms with van der Waals surface area (Å²) in [5.74, 6) is -3.67. The van der Waals surface area contributed by atoms with Crippen LogP contribution in [-0.4, -0.2) is 63.6 Å². The molecule has 0 saturated carbocycles. The molecule has 0 aromatic heterocycles. The molecule has 0 radical (unpaired) electrons. The Hall–Kier alpha value is -2.12. The minimum Gasteiger partial charge on any atom is -0.550 e. The van der Waals surface area contributed by atoms with Crippen molar-refractivity contribution < 1.29 is 68.1 Å². The van der Waals surface area contributed by atoms with Gasteiger partial charge in [0.05, 0.1) is 0 Å². The van der Waals surface area contributed by atoms with Gasteiger partial charge < -0.3 is 35.3 Å². The van der Waals surface area contributed by atoms with Crippen molar-refractivity contribution in [2.24, 2.45) is 5.73 Å². The molecule has 1 aromatic rings. The number of hydrogen-bond donors (Lipinski definition) is 2. The number of aliphatic carboxylic acids is 1. The van der Waals surface area contributed by atoms with Crippen LogP contribution in [-0.2, 0) is 33.4 Å². The van der Waals surface area contributed by atoms with Crippen molar-refractivity contribution in [3.63, 3.8) is 0 Å². The number of carbonyl (C=O) groups is 5. The van der Waals surface area contributed by atoms with Crippen LogP contribution in [0.4, 0.5) is 0 Å². The first-order chi connectivity index (χ1) is 16.0. The van der Waals surface area contributed by atoms with Gasteiger partial charge in [0.2, 0.25) is 18.6 Å². The van der Waals surface area contributed by atoms with Crippen LogP contribution in [0.25, 0.3) is 0 Å². The summed E-state index contributed by atoms with van der Waals surface area (Å²) in [6.45, 7) is 2.89. The van der Waals surface area contributed by atoms with E-state index in [1.54, 1.807) is 44.2 Å². The van der Waals surface area contributed by atoms with Crippen LogP contribution in [0.5, 0.6) is 0 Å². The normalized spacial score (nSPS) is 22.7. The van der Waals surface area contributed by atoms with Crippen molar-refractivity contribution >= 4 is 41.5 Å². The third kappa shape index (κ3) is 6.76. The molecule has 0 aliphatic carbocycles. The molecule has 2 fully saturated rings. The Labute approximate surface area is 228 Å². The van der Waals surface area contributed by atoms with Crippen LogP contribution in [0.3, 0.4) is 0 Å². The zero-order valence-electron chi connectivity index (χ0n) is 19.7. The molecule has 1 unspecified atom stereocenters. The Morgan fingerprint density at radius 3 is 2.46 bits per heavy atom. The number of carboxylic acids is 1. The molecule has 11 nitrogen and oxygen atoms in total. The zero-order valence-corrected chi connectivity index (χ0v) is 22.5. The van der Waals surface area contributed by atoms with Crippen LogP contribution in [0, 0.1) is 0 Å². The van der Waals surface area contributed by atoms with Crippen molar-refractivity contribution in [1.29, 1.82) is 0 Å². The average Bonchev–Trinajstić information content (AvgIpc) is 3.04. The predicted molar refractivity (Wildman–Crippen MR) is 117 cm³/mol. The molecule has 184 valence electrons. The molecule has 0 spiro atoms. The molecule has 13 heteroatoms. The number of ether oxygens (including phenoxy) is 2. The summed E-state index contributed by atoms with van der Waals surface area (Å²) >= 11 is 1.35. The molecule has 3 N–H and O–H groups in total. The molecular weight excluding hydrogens is 489 g/mol. The molecule has 2 amide bonds. The number of nitrogens with two attached hydrogens (primary N) is 1. The van der Waals surface area contributed by atoms with E-state index in [-0.39, 0.29) is 48.8 Å². The van der Waals surface area contributed by atoms with Gasteiger partial charge in [-0.15, -0.1) is 11.8 Å². The number of hydrogen-bond acceptors (Lipinski definition) is 10. The van der Waals surface area contributed by atoms with Crippen LogP contribution in [0.15, 0.2) is 30.3 Å². The SMILES string of the molecule is CC1(C)S[C@@H]2[C@H](NC(=O)C(N)c3ccccc3)C(=O)N2[C@H]1C(=O)OCOC(=O)CCCC(=O)[O-].[Na+].